The zero-order chi connectivity index (χ0) is 14.7. The molecule has 19 heavy (non-hydrogen) atoms. The lowest BCUT2D eigenvalue weighted by Crippen LogP contribution is -2.45. The van der Waals surface area contributed by atoms with Gasteiger partial charge in [0.25, 0.3) is 5.92 Å². The number of piperidine rings is 1. The van der Waals surface area contributed by atoms with Crippen LogP contribution in [0.1, 0.15) is 40.0 Å². The van der Waals surface area contributed by atoms with Crippen LogP contribution in [0.4, 0.5) is 13.6 Å². The van der Waals surface area contributed by atoms with Crippen molar-refractivity contribution in [3.05, 3.63) is 12.7 Å². The van der Waals surface area contributed by atoms with Gasteiger partial charge >= 0.3 is 6.09 Å². The molecule has 0 unspecified atom stereocenters. The Kier molecular flexibility index (Phi) is 4.93. The number of carbonyl (C=O) groups is 1. The van der Waals surface area contributed by atoms with Gasteiger partial charge in [-0.2, -0.15) is 0 Å². The minimum absolute atomic E-state index is 0.301. The van der Waals surface area contributed by atoms with Crippen LogP contribution in [0.25, 0.3) is 0 Å². The molecule has 1 fully saturated rings. The van der Waals surface area contributed by atoms with E-state index >= 15 is 0 Å². The van der Waals surface area contributed by atoms with Gasteiger partial charge in [0, 0.05) is 25.4 Å². The van der Waals surface area contributed by atoms with Crippen molar-refractivity contribution >= 4 is 6.09 Å². The fourth-order valence-electron chi connectivity index (χ4n) is 2.17. The quantitative estimate of drug-likeness (QED) is 0.732. The van der Waals surface area contributed by atoms with Gasteiger partial charge in [-0.05, 0) is 33.6 Å². The molecule has 5 heteroatoms. The number of allylic oxidation sites excluding steroid dienone is 1. The predicted octanol–water partition coefficient (Wildman–Crippen LogP) is 3.84. The van der Waals surface area contributed by atoms with Gasteiger partial charge in [-0.1, -0.05) is 6.08 Å². The largest absolute Gasteiger partial charge is 0.444 e. The molecule has 0 bridgehead atoms. The second-order valence-electron chi connectivity index (χ2n) is 6.00. The molecule has 1 saturated heterocycles. The van der Waals surface area contributed by atoms with Crippen molar-refractivity contribution in [1.82, 2.24) is 4.90 Å². The number of likely N-dealkylation sites (tertiary alicyclic amines) is 1. The highest BCUT2D eigenvalue weighted by atomic mass is 19.3. The van der Waals surface area contributed by atoms with Crippen LogP contribution in [0.3, 0.4) is 0 Å². The Hall–Kier alpha value is -1.13. The zero-order valence-corrected chi connectivity index (χ0v) is 11.9. The SMILES string of the molecule is C=CCC(F)(F)C1CCN(C(=O)OC(C)(C)C)CC1. The van der Waals surface area contributed by atoms with Crippen molar-refractivity contribution in [2.75, 3.05) is 13.1 Å². The zero-order valence-electron chi connectivity index (χ0n) is 11.9. The van der Waals surface area contributed by atoms with Gasteiger partial charge in [0.15, 0.2) is 0 Å². The fraction of sp³-hybridized carbons (Fsp3) is 0.786. The minimum Gasteiger partial charge on any atom is -0.444 e. The Balaban J connectivity index is 2.49. The molecule has 1 amide bonds. The summed E-state index contributed by atoms with van der Waals surface area (Å²) in [6, 6.07) is 0. The van der Waals surface area contributed by atoms with Crippen molar-refractivity contribution in [1.29, 1.82) is 0 Å². The number of hydrogen-bond acceptors (Lipinski definition) is 2. The third-order valence-electron chi connectivity index (χ3n) is 3.16. The van der Waals surface area contributed by atoms with E-state index in [4.69, 9.17) is 4.74 Å². The molecule has 1 rings (SSSR count). The van der Waals surface area contributed by atoms with E-state index in [1.807, 2.05) is 0 Å². The summed E-state index contributed by atoms with van der Waals surface area (Å²) in [5.41, 5.74) is -0.555. The van der Waals surface area contributed by atoms with E-state index < -0.39 is 23.5 Å². The molecule has 0 aromatic carbocycles. The van der Waals surface area contributed by atoms with Gasteiger partial charge < -0.3 is 9.64 Å². The molecule has 0 aromatic heterocycles. The van der Waals surface area contributed by atoms with Gasteiger partial charge in [-0.3, -0.25) is 0 Å². The van der Waals surface area contributed by atoms with E-state index in [-0.39, 0.29) is 6.42 Å². The van der Waals surface area contributed by atoms with Gasteiger partial charge in [0.2, 0.25) is 0 Å². The summed E-state index contributed by atoms with van der Waals surface area (Å²) in [7, 11) is 0. The van der Waals surface area contributed by atoms with E-state index in [1.165, 1.54) is 11.0 Å². The van der Waals surface area contributed by atoms with Crippen LogP contribution in [0.5, 0.6) is 0 Å². The molecular weight excluding hydrogens is 252 g/mol. The summed E-state index contributed by atoms with van der Waals surface area (Å²) in [6.45, 7) is 9.37. The summed E-state index contributed by atoms with van der Waals surface area (Å²) in [4.78, 5) is 13.3. The Morgan fingerprint density at radius 2 is 1.89 bits per heavy atom. The van der Waals surface area contributed by atoms with E-state index in [0.29, 0.717) is 25.9 Å². The van der Waals surface area contributed by atoms with Gasteiger partial charge in [-0.15, -0.1) is 6.58 Å². The minimum atomic E-state index is -2.72. The van der Waals surface area contributed by atoms with Crippen LogP contribution < -0.4 is 0 Å². The lowest BCUT2D eigenvalue weighted by Gasteiger charge is -2.36. The van der Waals surface area contributed by atoms with Crippen LogP contribution in [-0.4, -0.2) is 35.6 Å². The first-order valence-corrected chi connectivity index (χ1v) is 6.62. The molecule has 0 spiro atoms. The number of ether oxygens (including phenoxy) is 1. The highest BCUT2D eigenvalue weighted by Crippen LogP contribution is 2.36. The van der Waals surface area contributed by atoms with E-state index in [2.05, 4.69) is 6.58 Å². The highest BCUT2D eigenvalue weighted by Gasteiger charge is 2.40. The normalized spacial score (nSPS) is 18.3. The van der Waals surface area contributed by atoms with Crippen LogP contribution >= 0.6 is 0 Å². The summed E-state index contributed by atoms with van der Waals surface area (Å²) >= 11 is 0. The molecule has 0 aromatic rings. The first kappa shape index (κ1) is 15.9. The third kappa shape index (κ3) is 4.80. The van der Waals surface area contributed by atoms with Crippen LogP contribution in [0, 0.1) is 5.92 Å². The second-order valence-corrected chi connectivity index (χ2v) is 6.00. The maximum atomic E-state index is 13.7. The van der Waals surface area contributed by atoms with Crippen molar-refractivity contribution in [3.63, 3.8) is 0 Å². The smallest absolute Gasteiger partial charge is 0.410 e. The molecule has 0 aliphatic carbocycles. The van der Waals surface area contributed by atoms with Gasteiger partial charge in [-0.25, -0.2) is 13.6 Å². The number of alkyl halides is 2. The standard InChI is InChI=1S/C14H23F2NO2/c1-5-8-14(15,16)11-6-9-17(10-7-11)12(18)19-13(2,3)4/h5,11H,1,6-10H2,2-4H3. The van der Waals surface area contributed by atoms with Crippen LogP contribution in [0.15, 0.2) is 12.7 Å². The first-order valence-electron chi connectivity index (χ1n) is 6.62. The summed E-state index contributed by atoms with van der Waals surface area (Å²) in [5, 5.41) is 0. The van der Waals surface area contributed by atoms with Crippen molar-refractivity contribution < 1.29 is 18.3 Å². The van der Waals surface area contributed by atoms with E-state index in [0.717, 1.165) is 0 Å². The predicted molar refractivity (Wildman–Crippen MR) is 70.3 cm³/mol. The number of halogens is 2. The van der Waals surface area contributed by atoms with Gasteiger partial charge in [0.1, 0.15) is 5.60 Å². The molecule has 110 valence electrons. The number of rotatable bonds is 3. The number of hydrogen-bond donors (Lipinski definition) is 0. The number of amides is 1. The molecule has 0 saturated carbocycles. The van der Waals surface area contributed by atoms with Crippen LogP contribution in [-0.2, 0) is 4.74 Å². The molecule has 0 N–H and O–H groups in total. The van der Waals surface area contributed by atoms with E-state index in [1.54, 1.807) is 20.8 Å². The average molecular weight is 275 g/mol. The topological polar surface area (TPSA) is 29.5 Å². The highest BCUT2D eigenvalue weighted by molar-refractivity contribution is 5.68. The molecule has 1 heterocycles. The molecule has 1 aliphatic rings. The molecule has 1 aliphatic heterocycles. The Morgan fingerprint density at radius 3 is 2.32 bits per heavy atom. The maximum Gasteiger partial charge on any atom is 0.410 e. The molecule has 3 nitrogen and oxygen atoms in total. The monoisotopic (exact) mass is 275 g/mol. The Labute approximate surface area is 113 Å². The summed E-state index contributed by atoms with van der Waals surface area (Å²) in [6.07, 6.45) is 1.14. The Bertz CT molecular complexity index is 329. The second kappa shape index (κ2) is 5.88. The lowest BCUT2D eigenvalue weighted by molar-refractivity contribution is -0.0767. The molecular formula is C14H23F2NO2. The van der Waals surface area contributed by atoms with Crippen molar-refractivity contribution in [2.24, 2.45) is 5.92 Å². The third-order valence-corrected chi connectivity index (χ3v) is 3.16. The fourth-order valence-corrected chi connectivity index (χ4v) is 2.17. The first-order chi connectivity index (χ1) is 8.65. The maximum absolute atomic E-state index is 13.7. The van der Waals surface area contributed by atoms with Crippen LogP contribution in [0.2, 0.25) is 0 Å². The Morgan fingerprint density at radius 1 is 1.37 bits per heavy atom. The van der Waals surface area contributed by atoms with Gasteiger partial charge in [0.05, 0.1) is 0 Å². The summed E-state index contributed by atoms with van der Waals surface area (Å²) < 4.78 is 32.6. The molecule has 0 radical (unpaired) electrons. The molecule has 0 atom stereocenters. The lowest BCUT2D eigenvalue weighted by atomic mass is 9.89. The van der Waals surface area contributed by atoms with E-state index in [9.17, 15) is 13.6 Å². The number of carbonyl (C=O) groups excluding carboxylic acids is 1. The average Bonchev–Trinajstić information content (AvgIpc) is 2.27. The van der Waals surface area contributed by atoms with Crippen molar-refractivity contribution in [2.45, 2.75) is 51.6 Å². The summed E-state index contributed by atoms with van der Waals surface area (Å²) in [5.74, 6) is -3.40. The number of nitrogens with zero attached hydrogens (tertiary/aromatic N) is 1. The van der Waals surface area contributed by atoms with Crippen molar-refractivity contribution in [3.8, 4) is 0 Å².